The van der Waals surface area contributed by atoms with Crippen molar-refractivity contribution >= 4 is 34.6 Å². The van der Waals surface area contributed by atoms with E-state index in [-0.39, 0.29) is 12.3 Å². The molecule has 0 fully saturated rings. The third-order valence-corrected chi connectivity index (χ3v) is 4.80. The maximum atomic E-state index is 12.4. The molecule has 1 unspecified atom stereocenters. The Morgan fingerprint density at radius 3 is 2.65 bits per heavy atom. The van der Waals surface area contributed by atoms with E-state index in [0.717, 1.165) is 16.7 Å². The van der Waals surface area contributed by atoms with Gasteiger partial charge in [0.15, 0.2) is 4.90 Å². The fourth-order valence-corrected chi connectivity index (χ4v) is 3.20. The van der Waals surface area contributed by atoms with Crippen molar-refractivity contribution in [1.29, 1.82) is 0 Å². The highest BCUT2D eigenvalue weighted by atomic mass is 35.5. The molecule has 1 aromatic heterocycles. The molecule has 0 radical (unpaired) electrons. The number of anilines is 1. The van der Waals surface area contributed by atoms with E-state index in [1.807, 2.05) is 18.2 Å². The summed E-state index contributed by atoms with van der Waals surface area (Å²) in [5.74, 6) is -0.227. The lowest BCUT2D eigenvalue weighted by molar-refractivity contribution is -0.115. The molecule has 26 heavy (non-hydrogen) atoms. The molecule has 0 spiro atoms. The average Bonchev–Trinajstić information content (AvgIpc) is 2.64. The first-order chi connectivity index (χ1) is 12.5. The van der Waals surface area contributed by atoms with Crippen LogP contribution in [0, 0.1) is 0 Å². The zero-order valence-electron chi connectivity index (χ0n) is 13.7. The van der Waals surface area contributed by atoms with Crippen molar-refractivity contribution in [3.63, 3.8) is 0 Å². The van der Waals surface area contributed by atoms with E-state index in [9.17, 15) is 9.35 Å². The molecule has 3 rings (SSSR count). The molecule has 5 nitrogen and oxygen atoms in total. The van der Waals surface area contributed by atoms with Crippen molar-refractivity contribution in [2.75, 3.05) is 5.32 Å². The normalized spacial score (nSPS) is 11.8. The summed E-state index contributed by atoms with van der Waals surface area (Å²) in [6, 6.07) is 16.0. The Hall–Kier alpha value is -2.38. The molecule has 3 N–H and O–H groups in total. The van der Waals surface area contributed by atoms with Crippen LogP contribution < -0.4 is 10.5 Å². The van der Waals surface area contributed by atoms with Crippen molar-refractivity contribution in [1.82, 2.24) is 4.98 Å². The Kier molecular flexibility index (Phi) is 5.90. The van der Waals surface area contributed by atoms with Gasteiger partial charge < -0.3 is 9.87 Å². The molecule has 3 aromatic rings. The number of hydrogen-bond donors (Lipinski definition) is 2. The van der Waals surface area contributed by atoms with Crippen molar-refractivity contribution in [2.45, 2.75) is 11.3 Å². The number of carbonyl (C=O) groups is 1. The molecule has 1 atom stereocenters. The maximum absolute atomic E-state index is 12.4. The second-order valence-corrected chi connectivity index (χ2v) is 7.07. The molecule has 0 aliphatic heterocycles. The monoisotopic (exact) mass is 385 g/mol. The number of carbonyl (C=O) groups excluding carboxylic acids is 1. The molecule has 1 heterocycles. The number of pyridine rings is 1. The van der Waals surface area contributed by atoms with Crippen LogP contribution >= 0.6 is 11.6 Å². The first kappa shape index (κ1) is 18.4. The predicted octanol–water partition coefficient (Wildman–Crippen LogP) is 3.56. The number of halogens is 1. The third kappa shape index (κ3) is 4.62. The number of hydrogen-bond acceptors (Lipinski definition) is 4. The van der Waals surface area contributed by atoms with Gasteiger partial charge in [0, 0.05) is 40.8 Å². The van der Waals surface area contributed by atoms with E-state index >= 15 is 0 Å². The van der Waals surface area contributed by atoms with Crippen molar-refractivity contribution in [2.24, 2.45) is 5.14 Å². The third-order valence-electron chi connectivity index (χ3n) is 3.73. The van der Waals surface area contributed by atoms with Gasteiger partial charge >= 0.3 is 0 Å². The van der Waals surface area contributed by atoms with Gasteiger partial charge in [0.1, 0.15) is 0 Å². The zero-order chi connectivity index (χ0) is 18.5. The number of rotatable bonds is 5. The number of nitrogens with one attached hydrogen (secondary N) is 1. The molecule has 132 valence electrons. The van der Waals surface area contributed by atoms with Crippen LogP contribution in [-0.2, 0) is 22.6 Å². The van der Waals surface area contributed by atoms with Crippen molar-refractivity contribution < 1.29 is 9.35 Å². The Morgan fingerprint density at radius 2 is 1.96 bits per heavy atom. The lowest BCUT2D eigenvalue weighted by Crippen LogP contribution is -2.16. The first-order valence-corrected chi connectivity index (χ1v) is 9.37. The van der Waals surface area contributed by atoms with Crippen LogP contribution in [0.4, 0.5) is 5.69 Å². The molecule has 0 aliphatic carbocycles. The average molecular weight is 386 g/mol. The quantitative estimate of drug-likeness (QED) is 0.657. The Morgan fingerprint density at radius 1 is 1.15 bits per heavy atom. The van der Waals surface area contributed by atoms with Crippen LogP contribution in [-0.4, -0.2) is 15.4 Å². The van der Waals surface area contributed by atoms with Crippen molar-refractivity contribution in [3.05, 3.63) is 77.6 Å². The smallest absolute Gasteiger partial charge is 0.228 e. The number of nitrogens with zero attached hydrogens (tertiary/aromatic N) is 1. The fraction of sp³-hybridized carbons (Fsp3) is 0.0526. The van der Waals surface area contributed by atoms with Gasteiger partial charge in [-0.15, -0.1) is 5.14 Å². The Labute approximate surface area is 159 Å². The van der Waals surface area contributed by atoms with E-state index in [1.54, 1.807) is 48.8 Å². The van der Waals surface area contributed by atoms with E-state index < -0.39 is 11.4 Å². The molecule has 0 bridgehead atoms. The van der Waals surface area contributed by atoms with Crippen LogP contribution in [0.15, 0.2) is 71.9 Å². The van der Waals surface area contributed by atoms with Crippen molar-refractivity contribution in [3.8, 4) is 11.1 Å². The second-order valence-electron chi connectivity index (χ2n) is 5.60. The summed E-state index contributed by atoms with van der Waals surface area (Å²) in [7, 11) is 0. The summed E-state index contributed by atoms with van der Waals surface area (Å²) in [5, 5.41) is 8.88. The van der Waals surface area contributed by atoms with Gasteiger partial charge in [-0.3, -0.25) is 9.78 Å². The minimum absolute atomic E-state index is 0.137. The van der Waals surface area contributed by atoms with Gasteiger partial charge in [0.2, 0.25) is 5.91 Å². The lowest BCUT2D eigenvalue weighted by atomic mass is 10.1. The SMILES string of the molecule is N[S+]([O-])c1cc(NC(=O)Cc2ccccc2Cl)cc(-c2cccnc2)c1. The molecule has 0 saturated carbocycles. The van der Waals surface area contributed by atoms with Gasteiger partial charge in [0.05, 0.1) is 17.8 Å². The molecule has 2 aromatic carbocycles. The van der Waals surface area contributed by atoms with Crippen LogP contribution in [0.1, 0.15) is 5.56 Å². The topological polar surface area (TPSA) is 91.1 Å². The first-order valence-electron chi connectivity index (χ1n) is 7.78. The van der Waals surface area contributed by atoms with Gasteiger partial charge in [-0.25, -0.2) is 0 Å². The van der Waals surface area contributed by atoms with Crippen LogP contribution in [0.5, 0.6) is 0 Å². The van der Waals surface area contributed by atoms with E-state index in [1.165, 1.54) is 0 Å². The van der Waals surface area contributed by atoms with E-state index in [0.29, 0.717) is 15.6 Å². The minimum atomic E-state index is -1.67. The number of aromatic nitrogens is 1. The summed E-state index contributed by atoms with van der Waals surface area (Å²) >= 11 is 4.43. The Bertz CT molecular complexity index is 920. The Balaban J connectivity index is 1.86. The summed E-state index contributed by atoms with van der Waals surface area (Å²) in [4.78, 5) is 16.9. The zero-order valence-corrected chi connectivity index (χ0v) is 15.3. The summed E-state index contributed by atoms with van der Waals surface area (Å²) in [5.41, 5.74) is 2.85. The predicted molar refractivity (Wildman–Crippen MR) is 104 cm³/mol. The second kappa shape index (κ2) is 8.33. The number of nitrogens with two attached hydrogens (primary N) is 1. The van der Waals surface area contributed by atoms with Crippen LogP contribution in [0.2, 0.25) is 5.02 Å². The molecule has 7 heteroatoms. The van der Waals surface area contributed by atoms with Crippen LogP contribution in [0.25, 0.3) is 11.1 Å². The lowest BCUT2D eigenvalue weighted by Gasteiger charge is -2.11. The number of amides is 1. The minimum Gasteiger partial charge on any atom is -0.593 e. The molecular weight excluding hydrogens is 370 g/mol. The van der Waals surface area contributed by atoms with E-state index in [4.69, 9.17) is 16.7 Å². The van der Waals surface area contributed by atoms with Gasteiger partial charge in [-0.1, -0.05) is 35.9 Å². The molecular formula is C19H16ClN3O2S. The largest absolute Gasteiger partial charge is 0.593 e. The maximum Gasteiger partial charge on any atom is 0.228 e. The summed E-state index contributed by atoms with van der Waals surface area (Å²) in [6.45, 7) is 0. The number of benzene rings is 2. The highest BCUT2D eigenvalue weighted by molar-refractivity contribution is 7.89. The summed E-state index contributed by atoms with van der Waals surface area (Å²) in [6.07, 6.45) is 3.49. The molecule has 1 amide bonds. The van der Waals surface area contributed by atoms with Crippen LogP contribution in [0.3, 0.4) is 0 Å². The highest BCUT2D eigenvalue weighted by Gasteiger charge is 2.13. The standard InChI is InChI=1S/C19H16ClN3O2S/c20-18-6-2-1-4-13(18)10-19(24)23-16-8-15(9-17(11-16)26(21)25)14-5-3-7-22-12-14/h1-9,11-12H,10,21H2,(H,23,24). The van der Waals surface area contributed by atoms with E-state index in [2.05, 4.69) is 10.3 Å². The van der Waals surface area contributed by atoms with Gasteiger partial charge in [0.25, 0.3) is 0 Å². The van der Waals surface area contributed by atoms with Gasteiger partial charge in [-0.05, 0) is 29.3 Å². The molecule has 0 aliphatic rings. The highest BCUT2D eigenvalue weighted by Crippen LogP contribution is 2.26. The fourth-order valence-electron chi connectivity index (χ4n) is 2.51. The summed E-state index contributed by atoms with van der Waals surface area (Å²) < 4.78 is 11.7. The van der Waals surface area contributed by atoms with Gasteiger partial charge in [-0.2, -0.15) is 0 Å². The molecule has 0 saturated heterocycles.